The Labute approximate surface area is 64.2 Å². The molecule has 1 amide bonds. The molecule has 0 saturated heterocycles. The fourth-order valence-electron chi connectivity index (χ4n) is 1.46. The minimum atomic E-state index is 0.00519. The van der Waals surface area contributed by atoms with Gasteiger partial charge in [-0.25, -0.2) is 0 Å². The molecule has 1 N–H and O–H groups in total. The van der Waals surface area contributed by atoms with E-state index in [2.05, 4.69) is 10.4 Å². The quantitative estimate of drug-likeness (QED) is 0.566. The van der Waals surface area contributed by atoms with E-state index in [1.165, 1.54) is 0 Å². The fourth-order valence-corrected chi connectivity index (χ4v) is 1.46. The molecule has 2 heterocycles. The van der Waals surface area contributed by atoms with Gasteiger partial charge in [0.15, 0.2) is 0 Å². The van der Waals surface area contributed by atoms with E-state index in [0.29, 0.717) is 6.54 Å². The van der Waals surface area contributed by atoms with Crippen molar-refractivity contribution < 1.29 is 4.79 Å². The molecule has 4 nitrogen and oxygen atoms in total. The first-order valence-corrected chi connectivity index (χ1v) is 3.51. The highest BCUT2D eigenvalue weighted by molar-refractivity contribution is 5.98. The van der Waals surface area contributed by atoms with Gasteiger partial charge in [-0.05, 0) is 6.92 Å². The molecule has 1 aliphatic rings. The van der Waals surface area contributed by atoms with Crippen LogP contribution in [-0.2, 0) is 13.6 Å². The molecule has 1 aliphatic heterocycles. The largest absolute Gasteiger partial charge is 0.346 e. The van der Waals surface area contributed by atoms with Crippen LogP contribution in [0.2, 0.25) is 0 Å². The van der Waals surface area contributed by atoms with Gasteiger partial charge in [0, 0.05) is 7.05 Å². The highest BCUT2D eigenvalue weighted by Crippen LogP contribution is 2.17. The van der Waals surface area contributed by atoms with Crippen molar-refractivity contribution in [2.45, 2.75) is 13.5 Å². The number of hydrogen-bond acceptors (Lipinski definition) is 2. The van der Waals surface area contributed by atoms with Gasteiger partial charge in [-0.2, -0.15) is 5.10 Å². The normalized spacial score (nSPS) is 14.9. The van der Waals surface area contributed by atoms with Gasteiger partial charge in [-0.15, -0.1) is 0 Å². The van der Waals surface area contributed by atoms with Crippen LogP contribution >= 0.6 is 0 Å². The predicted molar refractivity (Wildman–Crippen MR) is 39.1 cm³/mol. The lowest BCUT2D eigenvalue weighted by Gasteiger charge is -1.93. The van der Waals surface area contributed by atoms with E-state index in [4.69, 9.17) is 0 Å². The van der Waals surface area contributed by atoms with Crippen molar-refractivity contribution in [3.63, 3.8) is 0 Å². The first-order chi connectivity index (χ1) is 5.20. The predicted octanol–water partition coefficient (Wildman–Crippen LogP) is -0.0281. The first-order valence-electron chi connectivity index (χ1n) is 3.51. The van der Waals surface area contributed by atoms with Gasteiger partial charge in [-0.1, -0.05) is 0 Å². The number of aryl methyl sites for hydroxylation is 2. The third-order valence-corrected chi connectivity index (χ3v) is 1.98. The van der Waals surface area contributed by atoms with E-state index >= 15 is 0 Å². The Balaban J connectivity index is 2.69. The zero-order chi connectivity index (χ0) is 8.01. The monoisotopic (exact) mass is 151 g/mol. The van der Waals surface area contributed by atoms with E-state index < -0.39 is 0 Å². The topological polar surface area (TPSA) is 46.9 Å². The van der Waals surface area contributed by atoms with E-state index in [9.17, 15) is 4.79 Å². The molecule has 0 saturated carbocycles. The van der Waals surface area contributed by atoms with Gasteiger partial charge in [-0.3, -0.25) is 9.48 Å². The smallest absolute Gasteiger partial charge is 0.255 e. The molecule has 0 bridgehead atoms. The number of fused-ring (bicyclic) bond motifs is 1. The number of hydrogen-bond donors (Lipinski definition) is 1. The zero-order valence-corrected chi connectivity index (χ0v) is 6.51. The van der Waals surface area contributed by atoms with Crippen molar-refractivity contribution in [2.24, 2.45) is 7.05 Å². The summed E-state index contributed by atoms with van der Waals surface area (Å²) in [7, 11) is 1.85. The Hall–Kier alpha value is -1.32. The summed E-state index contributed by atoms with van der Waals surface area (Å²) >= 11 is 0. The minimum Gasteiger partial charge on any atom is -0.346 e. The SMILES string of the molecule is Cc1nn(C)c2c1C(=O)NC2. The van der Waals surface area contributed by atoms with E-state index in [0.717, 1.165) is 17.0 Å². The molecule has 4 heteroatoms. The molecule has 58 valence electrons. The average Bonchev–Trinajstić information content (AvgIpc) is 2.41. The maximum Gasteiger partial charge on any atom is 0.255 e. The molecule has 0 spiro atoms. The van der Waals surface area contributed by atoms with Gasteiger partial charge < -0.3 is 5.32 Å². The molecule has 0 atom stereocenters. The van der Waals surface area contributed by atoms with Crippen molar-refractivity contribution in [3.8, 4) is 0 Å². The molecule has 2 rings (SSSR count). The molecule has 1 aromatic heterocycles. The maximum absolute atomic E-state index is 11.1. The number of amides is 1. The highest BCUT2D eigenvalue weighted by Gasteiger charge is 2.25. The van der Waals surface area contributed by atoms with Crippen LogP contribution in [0.25, 0.3) is 0 Å². The van der Waals surface area contributed by atoms with E-state index in [1.54, 1.807) is 4.68 Å². The van der Waals surface area contributed by atoms with Crippen LogP contribution in [0.15, 0.2) is 0 Å². The van der Waals surface area contributed by atoms with Crippen LogP contribution in [0.5, 0.6) is 0 Å². The van der Waals surface area contributed by atoms with Crippen LogP contribution < -0.4 is 5.32 Å². The molecule has 0 aliphatic carbocycles. The Morgan fingerprint density at radius 1 is 1.64 bits per heavy atom. The molecule has 0 radical (unpaired) electrons. The lowest BCUT2D eigenvalue weighted by Crippen LogP contribution is -2.14. The summed E-state index contributed by atoms with van der Waals surface area (Å²) in [6.07, 6.45) is 0. The van der Waals surface area contributed by atoms with Gasteiger partial charge in [0.1, 0.15) is 0 Å². The Bertz CT molecular complexity index is 327. The Morgan fingerprint density at radius 3 is 3.00 bits per heavy atom. The third kappa shape index (κ3) is 0.691. The van der Waals surface area contributed by atoms with Crippen molar-refractivity contribution >= 4 is 5.91 Å². The summed E-state index contributed by atoms with van der Waals surface area (Å²) < 4.78 is 1.75. The third-order valence-electron chi connectivity index (χ3n) is 1.98. The van der Waals surface area contributed by atoms with Crippen molar-refractivity contribution in [3.05, 3.63) is 17.0 Å². The zero-order valence-electron chi connectivity index (χ0n) is 6.51. The summed E-state index contributed by atoms with van der Waals surface area (Å²) in [5, 5.41) is 6.89. The summed E-state index contributed by atoms with van der Waals surface area (Å²) in [4.78, 5) is 11.1. The fraction of sp³-hybridized carbons (Fsp3) is 0.429. The van der Waals surface area contributed by atoms with Crippen LogP contribution in [0, 0.1) is 6.92 Å². The molecule has 0 fully saturated rings. The standard InChI is InChI=1S/C7H9N3O/c1-4-6-5(10(2)9-4)3-8-7(6)11/h3H2,1-2H3,(H,8,11). The second-order valence-electron chi connectivity index (χ2n) is 2.71. The highest BCUT2D eigenvalue weighted by atomic mass is 16.2. The number of rotatable bonds is 0. The number of carbonyl (C=O) groups excluding carboxylic acids is 1. The maximum atomic E-state index is 11.1. The minimum absolute atomic E-state index is 0.00519. The van der Waals surface area contributed by atoms with Crippen LogP contribution in [0.3, 0.4) is 0 Å². The summed E-state index contributed by atoms with van der Waals surface area (Å²) in [5.41, 5.74) is 2.57. The van der Waals surface area contributed by atoms with Gasteiger partial charge in [0.25, 0.3) is 5.91 Å². The summed E-state index contributed by atoms with van der Waals surface area (Å²) in [5.74, 6) is 0.00519. The molecular weight excluding hydrogens is 142 g/mol. The summed E-state index contributed by atoms with van der Waals surface area (Å²) in [6, 6.07) is 0. The molecule has 0 unspecified atom stereocenters. The average molecular weight is 151 g/mol. The lowest BCUT2D eigenvalue weighted by atomic mass is 10.2. The van der Waals surface area contributed by atoms with Gasteiger partial charge >= 0.3 is 0 Å². The summed E-state index contributed by atoms with van der Waals surface area (Å²) in [6.45, 7) is 2.47. The Kier molecular flexibility index (Phi) is 1.07. The van der Waals surface area contributed by atoms with Crippen LogP contribution in [0.4, 0.5) is 0 Å². The Morgan fingerprint density at radius 2 is 2.36 bits per heavy atom. The van der Waals surface area contributed by atoms with Crippen molar-refractivity contribution in [1.82, 2.24) is 15.1 Å². The second kappa shape index (κ2) is 1.84. The van der Waals surface area contributed by atoms with Crippen molar-refractivity contribution in [2.75, 3.05) is 0 Å². The van der Waals surface area contributed by atoms with Crippen LogP contribution in [0.1, 0.15) is 21.7 Å². The molecule has 0 aromatic carbocycles. The molecular formula is C7H9N3O. The molecule has 11 heavy (non-hydrogen) atoms. The lowest BCUT2D eigenvalue weighted by molar-refractivity contribution is 0.0965. The number of nitrogens with one attached hydrogen (secondary N) is 1. The first kappa shape index (κ1) is 6.39. The van der Waals surface area contributed by atoms with E-state index in [-0.39, 0.29) is 5.91 Å². The van der Waals surface area contributed by atoms with Crippen LogP contribution in [-0.4, -0.2) is 15.7 Å². The van der Waals surface area contributed by atoms with E-state index in [1.807, 2.05) is 14.0 Å². The number of aromatic nitrogens is 2. The van der Waals surface area contributed by atoms with Gasteiger partial charge in [0.05, 0.1) is 23.5 Å². The van der Waals surface area contributed by atoms with Gasteiger partial charge in [0.2, 0.25) is 0 Å². The number of nitrogens with zero attached hydrogens (tertiary/aromatic N) is 2. The second-order valence-corrected chi connectivity index (χ2v) is 2.71. The molecule has 1 aromatic rings. The number of carbonyl (C=O) groups is 1. The van der Waals surface area contributed by atoms with Crippen molar-refractivity contribution in [1.29, 1.82) is 0 Å².